The maximum Gasteiger partial charge on any atom is 0.290 e. The summed E-state index contributed by atoms with van der Waals surface area (Å²) in [7, 11) is 0. The number of amides is 3. The molecule has 11 heteroatoms. The first-order chi connectivity index (χ1) is 24.0. The highest BCUT2D eigenvalue weighted by atomic mass is 32.2. The van der Waals surface area contributed by atoms with Crippen LogP contribution in [0, 0.1) is 5.92 Å². The Balaban J connectivity index is 0.974. The van der Waals surface area contributed by atoms with E-state index in [-0.39, 0.29) is 11.1 Å². The SMILES string of the molecule is O=C1NC(=O)/C(=C/c2ccnc(N3CCC(CNCc4nc(-c5cccc(C(=O)NCc6ccccc6)c5)cc5ccccc45)CC3)n2)S1. The van der Waals surface area contributed by atoms with Gasteiger partial charge in [-0.15, -0.1) is 0 Å². The summed E-state index contributed by atoms with van der Waals surface area (Å²) in [5.41, 5.74) is 4.95. The van der Waals surface area contributed by atoms with Crippen LogP contribution in [0.4, 0.5) is 10.7 Å². The summed E-state index contributed by atoms with van der Waals surface area (Å²) in [5.74, 6) is 0.602. The quantitative estimate of drug-likeness (QED) is 0.155. The Kier molecular flexibility index (Phi) is 9.72. The highest BCUT2D eigenvalue weighted by Crippen LogP contribution is 2.28. The first-order valence-corrected chi connectivity index (χ1v) is 17.1. The number of anilines is 1. The molecule has 7 rings (SSSR count). The lowest BCUT2D eigenvalue weighted by molar-refractivity contribution is -0.115. The van der Waals surface area contributed by atoms with E-state index in [0.717, 1.165) is 77.5 Å². The van der Waals surface area contributed by atoms with Gasteiger partial charge in [0, 0.05) is 48.9 Å². The second-order valence-electron chi connectivity index (χ2n) is 12.1. The molecule has 0 atom stereocenters. The van der Waals surface area contributed by atoms with Crippen molar-refractivity contribution in [1.29, 1.82) is 0 Å². The van der Waals surface area contributed by atoms with Gasteiger partial charge in [0.15, 0.2) is 0 Å². The fraction of sp³-hybridized carbons (Fsp3) is 0.211. The number of hydrogen-bond acceptors (Lipinski definition) is 9. The van der Waals surface area contributed by atoms with E-state index in [1.807, 2.05) is 66.7 Å². The summed E-state index contributed by atoms with van der Waals surface area (Å²) >= 11 is 0.880. The molecule has 0 unspecified atom stereocenters. The molecule has 2 aliphatic heterocycles. The second kappa shape index (κ2) is 14.8. The van der Waals surface area contributed by atoms with Crippen LogP contribution in [0.3, 0.4) is 0 Å². The molecule has 246 valence electrons. The number of hydrogen-bond donors (Lipinski definition) is 3. The van der Waals surface area contributed by atoms with Gasteiger partial charge >= 0.3 is 0 Å². The predicted octanol–water partition coefficient (Wildman–Crippen LogP) is 5.95. The number of piperidine rings is 1. The highest BCUT2D eigenvalue weighted by Gasteiger charge is 2.26. The summed E-state index contributed by atoms with van der Waals surface area (Å²) in [6.07, 6.45) is 5.29. The zero-order valence-corrected chi connectivity index (χ0v) is 27.6. The molecule has 3 aromatic carbocycles. The Morgan fingerprint density at radius 2 is 1.73 bits per heavy atom. The number of aromatic nitrogens is 3. The van der Waals surface area contributed by atoms with Crippen LogP contribution >= 0.6 is 11.8 Å². The number of nitrogens with zero attached hydrogens (tertiary/aromatic N) is 4. The number of thioether (sulfide) groups is 1. The fourth-order valence-corrected chi connectivity index (χ4v) is 6.80. The van der Waals surface area contributed by atoms with Crippen molar-refractivity contribution in [3.05, 3.63) is 125 Å². The van der Waals surface area contributed by atoms with Gasteiger partial charge < -0.3 is 15.5 Å². The minimum Gasteiger partial charge on any atom is -0.348 e. The van der Waals surface area contributed by atoms with E-state index >= 15 is 0 Å². The van der Waals surface area contributed by atoms with Gasteiger partial charge in [0.25, 0.3) is 17.1 Å². The topological polar surface area (TPSA) is 129 Å². The van der Waals surface area contributed by atoms with Gasteiger partial charge in [-0.2, -0.15) is 0 Å². The molecule has 4 heterocycles. The number of nitrogens with one attached hydrogen (secondary N) is 3. The molecule has 49 heavy (non-hydrogen) atoms. The van der Waals surface area contributed by atoms with Gasteiger partial charge in [-0.25, -0.2) is 9.97 Å². The average Bonchev–Trinajstić information content (AvgIpc) is 3.46. The van der Waals surface area contributed by atoms with Crippen LogP contribution in [0.25, 0.3) is 28.1 Å². The van der Waals surface area contributed by atoms with Crippen LogP contribution in [0.5, 0.6) is 0 Å². The third-order valence-corrected chi connectivity index (χ3v) is 9.55. The molecule has 0 bridgehead atoms. The molecule has 10 nitrogen and oxygen atoms in total. The largest absolute Gasteiger partial charge is 0.348 e. The zero-order chi connectivity index (χ0) is 33.6. The zero-order valence-electron chi connectivity index (χ0n) is 26.8. The van der Waals surface area contributed by atoms with E-state index in [0.29, 0.717) is 41.1 Å². The van der Waals surface area contributed by atoms with Crippen molar-refractivity contribution in [1.82, 2.24) is 30.9 Å². The van der Waals surface area contributed by atoms with Crippen LogP contribution in [0.1, 0.15) is 40.2 Å². The molecule has 0 spiro atoms. The van der Waals surface area contributed by atoms with Gasteiger partial charge in [-0.3, -0.25) is 24.7 Å². The fourth-order valence-electron chi connectivity index (χ4n) is 6.14. The molecule has 3 N–H and O–H groups in total. The molecule has 2 fully saturated rings. The molecule has 2 saturated heterocycles. The lowest BCUT2D eigenvalue weighted by Crippen LogP contribution is -2.38. The molecule has 3 amide bonds. The monoisotopic (exact) mass is 669 g/mol. The lowest BCUT2D eigenvalue weighted by Gasteiger charge is -2.32. The van der Waals surface area contributed by atoms with E-state index in [4.69, 9.17) is 4.98 Å². The molecular formula is C38H35N7O3S. The van der Waals surface area contributed by atoms with E-state index in [2.05, 4.69) is 49.0 Å². The molecule has 2 aliphatic rings. The van der Waals surface area contributed by atoms with E-state index in [1.165, 1.54) is 0 Å². The molecule has 0 saturated carbocycles. The maximum atomic E-state index is 13.0. The van der Waals surface area contributed by atoms with Gasteiger partial charge in [0.1, 0.15) is 0 Å². The Morgan fingerprint density at radius 3 is 2.55 bits per heavy atom. The van der Waals surface area contributed by atoms with Crippen molar-refractivity contribution in [2.45, 2.75) is 25.9 Å². The predicted molar refractivity (Wildman–Crippen MR) is 193 cm³/mol. The Hall–Kier alpha value is -5.39. The number of rotatable bonds is 10. The summed E-state index contributed by atoms with van der Waals surface area (Å²) in [6, 6.07) is 29.6. The molecule has 0 aliphatic carbocycles. The van der Waals surface area contributed by atoms with Gasteiger partial charge in [-0.05, 0) is 78.4 Å². The third kappa shape index (κ3) is 7.85. The third-order valence-electron chi connectivity index (χ3n) is 8.74. The van der Waals surface area contributed by atoms with E-state index in [9.17, 15) is 14.4 Å². The number of pyridine rings is 1. The smallest absolute Gasteiger partial charge is 0.290 e. The minimum atomic E-state index is -0.396. The van der Waals surface area contributed by atoms with Crippen LogP contribution in [0.15, 0.2) is 102 Å². The van der Waals surface area contributed by atoms with Crippen LogP contribution < -0.4 is 20.9 Å². The maximum absolute atomic E-state index is 13.0. The molecule has 5 aromatic rings. The van der Waals surface area contributed by atoms with E-state index < -0.39 is 5.91 Å². The van der Waals surface area contributed by atoms with Crippen molar-refractivity contribution >= 4 is 51.6 Å². The normalized spacial score (nSPS) is 15.9. The number of imide groups is 1. The van der Waals surface area contributed by atoms with Crippen molar-refractivity contribution in [3.8, 4) is 11.3 Å². The Labute approximate surface area is 288 Å². The van der Waals surface area contributed by atoms with Gasteiger partial charge in [-0.1, -0.05) is 66.7 Å². The van der Waals surface area contributed by atoms with Crippen LogP contribution in [-0.2, 0) is 17.9 Å². The Morgan fingerprint density at radius 1 is 0.918 bits per heavy atom. The summed E-state index contributed by atoms with van der Waals surface area (Å²) in [4.78, 5) is 53.1. The first kappa shape index (κ1) is 32.2. The molecule has 2 aromatic heterocycles. The standard InChI is InChI=1S/C38H35N7O3S/c46-35(41-23-25-7-2-1-3-8-25)29-11-6-10-28(19-29)32-20-27-9-4-5-12-31(27)33(43-32)24-39-22-26-14-17-45(18-15-26)37-40-16-13-30(42-37)21-34-36(47)44-38(48)49-34/h1-13,16,19-21,26,39H,14-15,17-18,22-24H2,(H,41,46)(H,44,47,48)/b34-21-. The summed E-state index contributed by atoms with van der Waals surface area (Å²) < 4.78 is 0. The van der Waals surface area contributed by atoms with Crippen molar-refractivity contribution < 1.29 is 14.4 Å². The molecular weight excluding hydrogens is 635 g/mol. The van der Waals surface area contributed by atoms with Crippen molar-refractivity contribution in [2.75, 3.05) is 24.5 Å². The average molecular weight is 670 g/mol. The molecule has 0 radical (unpaired) electrons. The van der Waals surface area contributed by atoms with Gasteiger partial charge in [0.2, 0.25) is 5.95 Å². The Bertz CT molecular complexity index is 2040. The second-order valence-corrected chi connectivity index (χ2v) is 13.1. The highest BCUT2D eigenvalue weighted by molar-refractivity contribution is 8.18. The number of fused-ring (bicyclic) bond motifs is 1. The number of carbonyl (C=O) groups is 3. The first-order valence-electron chi connectivity index (χ1n) is 16.3. The van der Waals surface area contributed by atoms with E-state index in [1.54, 1.807) is 18.3 Å². The number of carbonyl (C=O) groups excluding carboxylic acids is 3. The number of benzene rings is 3. The minimum absolute atomic E-state index is 0.120. The van der Waals surface area contributed by atoms with Gasteiger partial charge in [0.05, 0.1) is 22.0 Å². The van der Waals surface area contributed by atoms with Crippen molar-refractivity contribution in [2.24, 2.45) is 5.92 Å². The summed E-state index contributed by atoms with van der Waals surface area (Å²) in [6.45, 7) is 3.60. The lowest BCUT2D eigenvalue weighted by atomic mass is 9.97. The van der Waals surface area contributed by atoms with Crippen LogP contribution in [0.2, 0.25) is 0 Å². The van der Waals surface area contributed by atoms with Crippen molar-refractivity contribution in [3.63, 3.8) is 0 Å². The summed E-state index contributed by atoms with van der Waals surface area (Å²) in [5, 5.41) is 10.8. The van der Waals surface area contributed by atoms with Crippen LogP contribution in [-0.4, -0.2) is 51.6 Å².